The second kappa shape index (κ2) is 9.78. The molecule has 0 unspecified atom stereocenters. The van der Waals surface area contributed by atoms with Crippen LogP contribution in [-0.4, -0.2) is 40.1 Å². The first-order chi connectivity index (χ1) is 14.0. The van der Waals surface area contributed by atoms with Crippen molar-refractivity contribution in [1.82, 2.24) is 20.2 Å². The van der Waals surface area contributed by atoms with Gasteiger partial charge in [-0.2, -0.15) is 0 Å². The summed E-state index contributed by atoms with van der Waals surface area (Å²) in [7, 11) is 1.62. The highest BCUT2D eigenvalue weighted by Crippen LogP contribution is 2.16. The zero-order valence-electron chi connectivity index (χ0n) is 19.1. The minimum absolute atomic E-state index is 0.169. The van der Waals surface area contributed by atoms with Crippen LogP contribution in [0.2, 0.25) is 0 Å². The van der Waals surface area contributed by atoms with E-state index in [1.54, 1.807) is 12.0 Å². The maximum atomic E-state index is 12.8. The normalized spacial score (nSPS) is 11.5. The summed E-state index contributed by atoms with van der Waals surface area (Å²) in [6, 6.07) is 7.46. The van der Waals surface area contributed by atoms with Gasteiger partial charge in [-0.05, 0) is 51.3 Å². The summed E-state index contributed by atoms with van der Waals surface area (Å²) >= 11 is 0. The fraction of sp³-hybridized carbons (Fsp3) is 0.522. The van der Waals surface area contributed by atoms with Crippen molar-refractivity contribution in [2.45, 2.75) is 60.0 Å². The number of aromatic amines is 1. The molecule has 7 heteroatoms. The number of carbonyl (C=O) groups is 1. The largest absolute Gasteiger partial charge is 0.497 e. The molecule has 164 valence electrons. The number of rotatable bonds is 7. The molecule has 0 aliphatic rings. The van der Waals surface area contributed by atoms with E-state index in [1.165, 1.54) is 0 Å². The van der Waals surface area contributed by atoms with Gasteiger partial charge < -0.3 is 19.9 Å². The lowest BCUT2D eigenvalue weighted by Crippen LogP contribution is -2.49. The number of methoxy groups -OCH3 is 1. The van der Waals surface area contributed by atoms with Gasteiger partial charge in [0.15, 0.2) is 0 Å². The van der Waals surface area contributed by atoms with Crippen LogP contribution in [0.4, 0.5) is 4.79 Å². The molecule has 0 radical (unpaired) electrons. The molecule has 2 rings (SSSR count). The van der Waals surface area contributed by atoms with Gasteiger partial charge in [0.1, 0.15) is 11.6 Å². The van der Waals surface area contributed by atoms with E-state index >= 15 is 0 Å². The Labute approximate surface area is 178 Å². The number of nitrogens with one attached hydrogen (secondary N) is 2. The number of amides is 2. The van der Waals surface area contributed by atoms with E-state index < -0.39 is 0 Å². The van der Waals surface area contributed by atoms with Crippen molar-refractivity contribution in [3.8, 4) is 5.75 Å². The van der Waals surface area contributed by atoms with Crippen LogP contribution in [0.25, 0.3) is 0 Å². The number of H-pyrrole nitrogens is 1. The predicted molar refractivity (Wildman–Crippen MR) is 119 cm³/mol. The van der Waals surface area contributed by atoms with Crippen molar-refractivity contribution in [3.05, 3.63) is 57.3 Å². The summed E-state index contributed by atoms with van der Waals surface area (Å²) in [6.07, 6.45) is 0.464. The summed E-state index contributed by atoms with van der Waals surface area (Å²) in [4.78, 5) is 34.6. The number of urea groups is 1. The molecule has 1 aromatic carbocycles. The molecule has 7 nitrogen and oxygen atoms in total. The first-order valence-electron chi connectivity index (χ1n) is 10.3. The summed E-state index contributed by atoms with van der Waals surface area (Å²) in [5.41, 5.74) is 1.73. The number of carbonyl (C=O) groups excluding carboxylic acids is 1. The fourth-order valence-electron chi connectivity index (χ4n) is 3.18. The maximum absolute atomic E-state index is 12.8. The molecule has 2 N–H and O–H groups in total. The molecule has 1 aromatic heterocycles. The lowest BCUT2D eigenvalue weighted by Gasteiger charge is -2.29. The van der Waals surface area contributed by atoms with Crippen LogP contribution in [-0.2, 0) is 13.0 Å². The molecular weight excluding hydrogens is 380 g/mol. The van der Waals surface area contributed by atoms with Gasteiger partial charge >= 0.3 is 6.03 Å². The molecule has 0 saturated carbocycles. The van der Waals surface area contributed by atoms with Gasteiger partial charge in [0.05, 0.1) is 13.7 Å². The van der Waals surface area contributed by atoms with Gasteiger partial charge in [0.2, 0.25) is 0 Å². The van der Waals surface area contributed by atoms with Gasteiger partial charge in [0.25, 0.3) is 5.56 Å². The summed E-state index contributed by atoms with van der Waals surface area (Å²) in [5.74, 6) is 1.52. The second-order valence-electron chi connectivity index (χ2n) is 9.06. The lowest BCUT2D eigenvalue weighted by molar-refractivity contribution is 0.177. The van der Waals surface area contributed by atoms with Gasteiger partial charge in [-0.15, -0.1) is 0 Å². The summed E-state index contributed by atoms with van der Waals surface area (Å²) < 4.78 is 5.26. The molecule has 2 amide bonds. The Morgan fingerprint density at radius 3 is 2.57 bits per heavy atom. The number of aromatic nitrogens is 2. The van der Waals surface area contributed by atoms with Crippen LogP contribution >= 0.6 is 0 Å². The van der Waals surface area contributed by atoms with E-state index in [4.69, 9.17) is 4.74 Å². The highest BCUT2D eigenvalue weighted by atomic mass is 16.5. The van der Waals surface area contributed by atoms with E-state index in [2.05, 4.69) is 29.1 Å². The molecule has 0 bridgehead atoms. The predicted octanol–water partition coefficient (Wildman–Crippen LogP) is 3.64. The van der Waals surface area contributed by atoms with Crippen LogP contribution < -0.4 is 15.6 Å². The van der Waals surface area contributed by atoms with Crippen molar-refractivity contribution in [1.29, 1.82) is 0 Å². The highest BCUT2D eigenvalue weighted by molar-refractivity contribution is 5.74. The zero-order chi connectivity index (χ0) is 22.5. The van der Waals surface area contributed by atoms with Crippen molar-refractivity contribution < 1.29 is 9.53 Å². The van der Waals surface area contributed by atoms with Crippen LogP contribution in [0.3, 0.4) is 0 Å². The van der Waals surface area contributed by atoms with Crippen molar-refractivity contribution >= 4 is 6.03 Å². The maximum Gasteiger partial charge on any atom is 0.318 e. The molecule has 0 spiro atoms. The van der Waals surface area contributed by atoms with E-state index in [1.807, 2.05) is 52.0 Å². The fourth-order valence-corrected chi connectivity index (χ4v) is 3.18. The minimum atomic E-state index is -0.344. The third-order valence-corrected chi connectivity index (χ3v) is 4.48. The van der Waals surface area contributed by atoms with Crippen LogP contribution in [0.15, 0.2) is 29.1 Å². The Morgan fingerprint density at radius 2 is 2.00 bits per heavy atom. The Morgan fingerprint density at radius 1 is 1.30 bits per heavy atom. The summed E-state index contributed by atoms with van der Waals surface area (Å²) in [6.45, 7) is 12.6. The average molecular weight is 415 g/mol. The van der Waals surface area contributed by atoms with E-state index in [-0.39, 0.29) is 29.6 Å². The van der Waals surface area contributed by atoms with E-state index in [0.29, 0.717) is 30.0 Å². The highest BCUT2D eigenvalue weighted by Gasteiger charge is 2.22. The number of benzene rings is 1. The molecule has 2 aromatic rings. The van der Waals surface area contributed by atoms with Gasteiger partial charge in [-0.3, -0.25) is 4.79 Å². The van der Waals surface area contributed by atoms with E-state index in [9.17, 15) is 9.59 Å². The molecule has 30 heavy (non-hydrogen) atoms. The van der Waals surface area contributed by atoms with Crippen LogP contribution in [0.1, 0.15) is 57.3 Å². The lowest BCUT2D eigenvalue weighted by atomic mass is 10.0. The zero-order valence-corrected chi connectivity index (χ0v) is 19.1. The molecule has 0 aliphatic carbocycles. The smallest absolute Gasteiger partial charge is 0.318 e. The van der Waals surface area contributed by atoms with Crippen molar-refractivity contribution in [2.75, 3.05) is 13.7 Å². The number of hydrogen-bond donors (Lipinski definition) is 2. The Bertz CT molecular complexity index is 929. The molecule has 1 heterocycles. The number of aryl methyl sites for hydroxylation is 1. The van der Waals surface area contributed by atoms with Crippen LogP contribution in [0.5, 0.6) is 5.75 Å². The Balaban J connectivity index is 2.25. The molecular formula is C23H34N4O3. The standard InChI is InChI=1S/C23H34N4O3/c1-15(2)13-27(22(29)26-23(4,5)6)14-20-24-16(3)19(21(28)25-20)12-17-9-8-10-18(11-17)30-7/h8-11,15H,12-14H2,1-7H3,(H,26,29)(H,24,25,28). The van der Waals surface area contributed by atoms with Gasteiger partial charge in [-0.1, -0.05) is 26.0 Å². The number of nitrogens with zero attached hydrogens (tertiary/aromatic N) is 2. The third kappa shape index (κ3) is 6.90. The van der Waals surface area contributed by atoms with Gasteiger partial charge in [0, 0.05) is 29.8 Å². The molecule has 0 atom stereocenters. The number of ether oxygens (including phenoxy) is 1. The minimum Gasteiger partial charge on any atom is -0.497 e. The quantitative estimate of drug-likeness (QED) is 0.724. The van der Waals surface area contributed by atoms with E-state index in [0.717, 1.165) is 11.3 Å². The monoisotopic (exact) mass is 414 g/mol. The Kier molecular flexibility index (Phi) is 7.65. The topological polar surface area (TPSA) is 87.3 Å². The van der Waals surface area contributed by atoms with Crippen molar-refractivity contribution in [3.63, 3.8) is 0 Å². The molecule has 0 aliphatic heterocycles. The molecule has 0 fully saturated rings. The first-order valence-corrected chi connectivity index (χ1v) is 10.3. The van der Waals surface area contributed by atoms with Crippen LogP contribution in [0, 0.1) is 12.8 Å². The first kappa shape index (κ1) is 23.4. The van der Waals surface area contributed by atoms with Gasteiger partial charge in [-0.25, -0.2) is 9.78 Å². The summed E-state index contributed by atoms with van der Waals surface area (Å²) in [5, 5.41) is 2.98. The third-order valence-electron chi connectivity index (χ3n) is 4.48. The Hall–Kier alpha value is -2.83. The van der Waals surface area contributed by atoms with Crippen molar-refractivity contribution in [2.24, 2.45) is 5.92 Å². The molecule has 0 saturated heterocycles. The average Bonchev–Trinajstić information content (AvgIpc) is 2.62. The second-order valence-corrected chi connectivity index (χ2v) is 9.06. The SMILES string of the molecule is COc1cccc(Cc2c(C)nc(CN(CC(C)C)C(=O)NC(C)(C)C)[nH]c2=O)c1. The number of hydrogen-bond acceptors (Lipinski definition) is 4.